The fourth-order valence-electron chi connectivity index (χ4n) is 1.17. The maximum absolute atomic E-state index is 11.3. The van der Waals surface area contributed by atoms with Crippen molar-refractivity contribution in [3.63, 3.8) is 0 Å². The van der Waals surface area contributed by atoms with Gasteiger partial charge in [0.05, 0.1) is 6.61 Å². The van der Waals surface area contributed by atoms with Gasteiger partial charge >= 0.3 is 5.97 Å². The van der Waals surface area contributed by atoms with Crippen LogP contribution < -0.4 is 0 Å². The minimum absolute atomic E-state index is 0.274. The van der Waals surface area contributed by atoms with Crippen LogP contribution in [0.3, 0.4) is 0 Å². The van der Waals surface area contributed by atoms with Crippen molar-refractivity contribution in [2.75, 3.05) is 6.61 Å². The summed E-state index contributed by atoms with van der Waals surface area (Å²) in [6, 6.07) is 9.70. The molecule has 16 heavy (non-hydrogen) atoms. The van der Waals surface area contributed by atoms with Crippen molar-refractivity contribution in [1.29, 1.82) is 0 Å². The second kappa shape index (κ2) is 6.83. The number of hydrogen-bond donors (Lipinski definition) is 0. The summed E-state index contributed by atoms with van der Waals surface area (Å²) in [5.41, 5.74) is 1.00. The Kier molecular flexibility index (Phi) is 5.34. The maximum Gasteiger partial charge on any atom is 0.330 e. The van der Waals surface area contributed by atoms with Gasteiger partial charge in [-0.2, -0.15) is 0 Å². The molecule has 0 amide bonds. The highest BCUT2D eigenvalue weighted by atomic mass is 16.5. The number of esters is 1. The van der Waals surface area contributed by atoms with Crippen LogP contribution in [0.2, 0.25) is 0 Å². The third-order valence-electron chi connectivity index (χ3n) is 2.15. The van der Waals surface area contributed by atoms with E-state index in [0.29, 0.717) is 12.5 Å². The zero-order chi connectivity index (χ0) is 11.8. The van der Waals surface area contributed by atoms with Crippen molar-refractivity contribution in [3.8, 4) is 0 Å². The average molecular weight is 218 g/mol. The smallest absolute Gasteiger partial charge is 0.330 e. The van der Waals surface area contributed by atoms with Gasteiger partial charge in [-0.15, -0.1) is 0 Å². The van der Waals surface area contributed by atoms with E-state index in [4.69, 9.17) is 4.74 Å². The van der Waals surface area contributed by atoms with Gasteiger partial charge in [0.1, 0.15) is 0 Å². The molecule has 0 bridgehead atoms. The fraction of sp³-hybridized carbons (Fsp3) is 0.357. The molecule has 0 aliphatic heterocycles. The molecule has 2 nitrogen and oxygen atoms in total. The minimum Gasteiger partial charge on any atom is -0.463 e. The van der Waals surface area contributed by atoms with Gasteiger partial charge in [0, 0.05) is 6.08 Å². The van der Waals surface area contributed by atoms with Gasteiger partial charge in [-0.1, -0.05) is 44.2 Å². The lowest BCUT2D eigenvalue weighted by atomic mass is 10.1. The molecule has 0 heterocycles. The van der Waals surface area contributed by atoms with E-state index < -0.39 is 0 Å². The minimum atomic E-state index is -0.274. The summed E-state index contributed by atoms with van der Waals surface area (Å²) in [5.74, 6) is 0.287. The number of ether oxygens (including phenoxy) is 1. The first kappa shape index (κ1) is 12.5. The predicted molar refractivity (Wildman–Crippen MR) is 65.9 cm³/mol. The highest BCUT2D eigenvalue weighted by Gasteiger charge is 1.98. The normalized spacial score (nSPS) is 10.9. The van der Waals surface area contributed by atoms with Crippen molar-refractivity contribution in [2.45, 2.75) is 20.3 Å². The van der Waals surface area contributed by atoms with Gasteiger partial charge in [-0.05, 0) is 24.0 Å². The van der Waals surface area contributed by atoms with Crippen LogP contribution in [-0.4, -0.2) is 12.6 Å². The van der Waals surface area contributed by atoms with Gasteiger partial charge in [-0.25, -0.2) is 4.79 Å². The first-order chi connectivity index (χ1) is 7.68. The van der Waals surface area contributed by atoms with Crippen molar-refractivity contribution in [2.24, 2.45) is 5.92 Å². The van der Waals surface area contributed by atoms with Crippen LogP contribution >= 0.6 is 0 Å². The molecule has 0 radical (unpaired) electrons. The number of benzene rings is 1. The summed E-state index contributed by atoms with van der Waals surface area (Å²) in [7, 11) is 0. The number of carbonyl (C=O) groups excluding carboxylic acids is 1. The van der Waals surface area contributed by atoms with Crippen LogP contribution in [0.25, 0.3) is 6.08 Å². The van der Waals surface area contributed by atoms with Crippen molar-refractivity contribution >= 4 is 12.0 Å². The molecule has 0 unspecified atom stereocenters. The van der Waals surface area contributed by atoms with Crippen molar-refractivity contribution < 1.29 is 9.53 Å². The lowest BCUT2D eigenvalue weighted by Gasteiger charge is -2.03. The summed E-state index contributed by atoms with van der Waals surface area (Å²) in [5, 5.41) is 0. The molecule has 0 fully saturated rings. The van der Waals surface area contributed by atoms with Crippen LogP contribution in [0, 0.1) is 5.92 Å². The summed E-state index contributed by atoms with van der Waals surface area (Å²) in [6.45, 7) is 4.71. The quantitative estimate of drug-likeness (QED) is 0.560. The molecule has 0 atom stereocenters. The Hall–Kier alpha value is -1.57. The van der Waals surface area contributed by atoms with Crippen LogP contribution in [0.15, 0.2) is 36.4 Å². The van der Waals surface area contributed by atoms with Crippen LogP contribution in [0.4, 0.5) is 0 Å². The first-order valence-electron chi connectivity index (χ1n) is 5.58. The standard InChI is InChI=1S/C14H18O2/c1-12(2)10-11-16-14(15)9-8-13-6-4-3-5-7-13/h3-9,12H,10-11H2,1-2H3/b9-8+. The van der Waals surface area contributed by atoms with E-state index >= 15 is 0 Å². The average Bonchev–Trinajstić information content (AvgIpc) is 2.27. The Bertz CT molecular complexity index is 339. The zero-order valence-corrected chi connectivity index (χ0v) is 9.85. The lowest BCUT2D eigenvalue weighted by Crippen LogP contribution is -2.04. The SMILES string of the molecule is CC(C)CCOC(=O)/C=C/c1ccccc1. The third kappa shape index (κ3) is 5.35. The molecule has 2 heteroatoms. The molecule has 0 saturated heterocycles. The van der Waals surface area contributed by atoms with Crippen molar-refractivity contribution in [3.05, 3.63) is 42.0 Å². The van der Waals surface area contributed by atoms with E-state index in [-0.39, 0.29) is 5.97 Å². The highest BCUT2D eigenvalue weighted by Crippen LogP contribution is 2.02. The molecule has 0 aliphatic carbocycles. The van der Waals surface area contributed by atoms with Gasteiger partial charge in [0.2, 0.25) is 0 Å². The first-order valence-corrected chi connectivity index (χ1v) is 5.58. The van der Waals surface area contributed by atoms with Gasteiger partial charge in [0.25, 0.3) is 0 Å². The third-order valence-corrected chi connectivity index (χ3v) is 2.15. The van der Waals surface area contributed by atoms with E-state index in [9.17, 15) is 4.79 Å². The highest BCUT2D eigenvalue weighted by molar-refractivity contribution is 5.86. The van der Waals surface area contributed by atoms with Gasteiger partial charge < -0.3 is 4.74 Å². The molecule has 1 aromatic carbocycles. The molecule has 0 saturated carbocycles. The van der Waals surface area contributed by atoms with E-state index in [1.165, 1.54) is 6.08 Å². The maximum atomic E-state index is 11.3. The number of carbonyl (C=O) groups is 1. The fourth-order valence-corrected chi connectivity index (χ4v) is 1.17. The molecule has 0 spiro atoms. The zero-order valence-electron chi connectivity index (χ0n) is 9.85. The van der Waals surface area contributed by atoms with Crippen LogP contribution in [0.1, 0.15) is 25.8 Å². The molecule has 1 aromatic rings. The van der Waals surface area contributed by atoms with E-state index in [0.717, 1.165) is 12.0 Å². The molecular formula is C14H18O2. The van der Waals surface area contributed by atoms with E-state index in [2.05, 4.69) is 13.8 Å². The molecule has 86 valence electrons. The predicted octanol–water partition coefficient (Wildman–Crippen LogP) is 3.29. The Labute approximate surface area is 96.9 Å². The van der Waals surface area contributed by atoms with Crippen LogP contribution in [-0.2, 0) is 9.53 Å². The van der Waals surface area contributed by atoms with Crippen molar-refractivity contribution in [1.82, 2.24) is 0 Å². The summed E-state index contributed by atoms with van der Waals surface area (Å²) in [6.07, 6.45) is 4.14. The molecule has 0 aliphatic rings. The Morgan fingerprint density at radius 2 is 2.00 bits per heavy atom. The largest absolute Gasteiger partial charge is 0.463 e. The summed E-state index contributed by atoms with van der Waals surface area (Å²) >= 11 is 0. The lowest BCUT2D eigenvalue weighted by molar-refractivity contribution is -0.137. The number of rotatable bonds is 5. The summed E-state index contributed by atoms with van der Waals surface area (Å²) < 4.78 is 5.05. The second-order valence-electron chi connectivity index (χ2n) is 4.09. The van der Waals surface area contributed by atoms with Gasteiger partial charge in [0.15, 0.2) is 0 Å². The monoisotopic (exact) mass is 218 g/mol. The van der Waals surface area contributed by atoms with E-state index in [1.54, 1.807) is 6.08 Å². The number of hydrogen-bond acceptors (Lipinski definition) is 2. The van der Waals surface area contributed by atoms with Gasteiger partial charge in [-0.3, -0.25) is 0 Å². The van der Waals surface area contributed by atoms with Crippen LogP contribution in [0.5, 0.6) is 0 Å². The molecule has 0 N–H and O–H groups in total. The summed E-state index contributed by atoms with van der Waals surface area (Å²) in [4.78, 5) is 11.3. The Morgan fingerprint density at radius 3 is 2.62 bits per heavy atom. The molecule has 0 aromatic heterocycles. The molecule has 1 rings (SSSR count). The Morgan fingerprint density at radius 1 is 1.31 bits per heavy atom. The topological polar surface area (TPSA) is 26.3 Å². The molecular weight excluding hydrogens is 200 g/mol. The second-order valence-corrected chi connectivity index (χ2v) is 4.09. The Balaban J connectivity index is 2.32. The van der Waals surface area contributed by atoms with E-state index in [1.807, 2.05) is 30.3 Å².